The van der Waals surface area contributed by atoms with Gasteiger partial charge in [-0.05, 0) is 68.1 Å². The third-order valence-corrected chi connectivity index (χ3v) is 7.37. The van der Waals surface area contributed by atoms with Gasteiger partial charge in [0.25, 0.3) is 0 Å². The maximum absolute atomic E-state index is 13.0. The summed E-state index contributed by atoms with van der Waals surface area (Å²) >= 11 is 6.08. The number of nitrogens with one attached hydrogen (secondary N) is 1. The first-order valence-corrected chi connectivity index (χ1v) is 11.5. The standard InChI is InChI=1S/C22H29ClN2O4S/c1-7-25(30(27,28)18-8-9-21(29-6)20(23)12-18)13-22(26)24-17(5)19-11-15(3)14(2)10-16(19)4/h8-12,17H,7,13H2,1-6H3,(H,24,26)/t17-/m1/s1. The van der Waals surface area contributed by atoms with Crippen molar-refractivity contribution in [3.05, 3.63) is 57.6 Å². The first-order valence-electron chi connectivity index (χ1n) is 9.72. The van der Waals surface area contributed by atoms with Crippen molar-refractivity contribution in [1.82, 2.24) is 9.62 Å². The number of amides is 1. The fourth-order valence-corrected chi connectivity index (χ4v) is 5.05. The smallest absolute Gasteiger partial charge is 0.243 e. The lowest BCUT2D eigenvalue weighted by Crippen LogP contribution is -2.41. The fraction of sp³-hybridized carbons (Fsp3) is 0.409. The molecule has 164 valence electrons. The largest absolute Gasteiger partial charge is 0.495 e. The van der Waals surface area contributed by atoms with Crippen molar-refractivity contribution in [3.63, 3.8) is 0 Å². The van der Waals surface area contributed by atoms with Crippen molar-refractivity contribution in [2.75, 3.05) is 20.2 Å². The van der Waals surface area contributed by atoms with E-state index in [-0.39, 0.29) is 35.0 Å². The van der Waals surface area contributed by atoms with Crippen LogP contribution in [0.15, 0.2) is 35.2 Å². The summed E-state index contributed by atoms with van der Waals surface area (Å²) in [6, 6.07) is 8.15. The molecule has 8 heteroatoms. The van der Waals surface area contributed by atoms with Crippen LogP contribution < -0.4 is 10.1 Å². The number of halogens is 1. The summed E-state index contributed by atoms with van der Waals surface area (Å²) in [6.45, 7) is 9.52. The number of carbonyl (C=O) groups is 1. The zero-order valence-electron chi connectivity index (χ0n) is 18.2. The van der Waals surface area contributed by atoms with Crippen molar-refractivity contribution >= 4 is 27.5 Å². The molecule has 6 nitrogen and oxygen atoms in total. The van der Waals surface area contributed by atoms with Crippen molar-refractivity contribution in [2.45, 2.75) is 45.6 Å². The monoisotopic (exact) mass is 452 g/mol. The Balaban J connectivity index is 2.17. The molecule has 0 saturated carbocycles. The molecule has 0 aromatic heterocycles. The van der Waals surface area contributed by atoms with Crippen molar-refractivity contribution in [2.24, 2.45) is 0 Å². The number of methoxy groups -OCH3 is 1. The van der Waals surface area contributed by atoms with Gasteiger partial charge >= 0.3 is 0 Å². The molecule has 2 aromatic rings. The number of likely N-dealkylation sites (N-methyl/N-ethyl adjacent to an activating group) is 1. The van der Waals surface area contributed by atoms with Crippen LogP contribution in [0.3, 0.4) is 0 Å². The van der Waals surface area contributed by atoms with Crippen molar-refractivity contribution in [1.29, 1.82) is 0 Å². The van der Waals surface area contributed by atoms with Crippen molar-refractivity contribution < 1.29 is 17.9 Å². The predicted octanol–water partition coefficient (Wildman–Crippen LogP) is 4.16. The molecule has 0 fully saturated rings. The molecule has 1 atom stereocenters. The van der Waals surface area contributed by atoms with Crippen LogP contribution >= 0.6 is 11.6 Å². The summed E-state index contributed by atoms with van der Waals surface area (Å²) in [4.78, 5) is 12.7. The molecule has 0 radical (unpaired) electrons. The van der Waals surface area contributed by atoms with E-state index < -0.39 is 10.0 Å². The first-order chi connectivity index (χ1) is 14.0. The summed E-state index contributed by atoms with van der Waals surface area (Å²) in [5.41, 5.74) is 4.43. The molecule has 0 saturated heterocycles. The molecule has 0 aliphatic carbocycles. The highest BCUT2D eigenvalue weighted by atomic mass is 35.5. The number of hydrogen-bond donors (Lipinski definition) is 1. The van der Waals surface area contributed by atoms with E-state index in [2.05, 4.69) is 17.4 Å². The lowest BCUT2D eigenvalue weighted by molar-refractivity contribution is -0.121. The van der Waals surface area contributed by atoms with Crippen LogP contribution in [-0.4, -0.2) is 38.8 Å². The Morgan fingerprint density at radius 2 is 1.77 bits per heavy atom. The van der Waals surface area contributed by atoms with Crippen LogP contribution in [0, 0.1) is 20.8 Å². The number of carbonyl (C=O) groups excluding carboxylic acids is 1. The van der Waals surface area contributed by atoms with Gasteiger partial charge in [-0.3, -0.25) is 4.79 Å². The highest BCUT2D eigenvalue weighted by molar-refractivity contribution is 7.89. The quantitative estimate of drug-likeness (QED) is 0.652. The molecular formula is C22H29ClN2O4S. The predicted molar refractivity (Wildman–Crippen MR) is 120 cm³/mol. The maximum atomic E-state index is 13.0. The Bertz CT molecular complexity index is 1040. The average Bonchev–Trinajstić information content (AvgIpc) is 2.68. The van der Waals surface area contributed by atoms with E-state index in [9.17, 15) is 13.2 Å². The molecule has 0 spiro atoms. The Hall–Kier alpha value is -2.09. The van der Waals surface area contributed by atoms with E-state index in [0.717, 1.165) is 21.0 Å². The highest BCUT2D eigenvalue weighted by Crippen LogP contribution is 2.28. The van der Waals surface area contributed by atoms with Gasteiger partial charge in [0.15, 0.2) is 0 Å². The molecule has 1 amide bonds. The van der Waals surface area contributed by atoms with Crippen LogP contribution in [0.5, 0.6) is 5.75 Å². The van der Waals surface area contributed by atoms with E-state index in [1.807, 2.05) is 27.7 Å². The maximum Gasteiger partial charge on any atom is 0.243 e. The fourth-order valence-electron chi connectivity index (χ4n) is 3.30. The van der Waals surface area contributed by atoms with Gasteiger partial charge in [0.2, 0.25) is 15.9 Å². The van der Waals surface area contributed by atoms with E-state index >= 15 is 0 Å². The molecule has 0 heterocycles. The molecule has 30 heavy (non-hydrogen) atoms. The number of hydrogen-bond acceptors (Lipinski definition) is 4. The Morgan fingerprint density at radius 3 is 2.33 bits per heavy atom. The van der Waals surface area contributed by atoms with Crippen LogP contribution in [-0.2, 0) is 14.8 Å². The van der Waals surface area contributed by atoms with Crippen LogP contribution in [0.25, 0.3) is 0 Å². The average molecular weight is 453 g/mol. The van der Waals surface area contributed by atoms with Gasteiger partial charge in [0.05, 0.1) is 29.6 Å². The number of sulfonamides is 1. The van der Waals surface area contributed by atoms with Gasteiger partial charge in [-0.15, -0.1) is 0 Å². The van der Waals surface area contributed by atoms with Crippen LogP contribution in [0.4, 0.5) is 0 Å². The van der Waals surface area contributed by atoms with Crippen LogP contribution in [0.1, 0.15) is 42.1 Å². The van der Waals surface area contributed by atoms with E-state index in [0.29, 0.717) is 5.75 Å². The summed E-state index contributed by atoms with van der Waals surface area (Å²) < 4.78 is 32.2. The summed E-state index contributed by atoms with van der Waals surface area (Å²) in [7, 11) is -2.43. The second kappa shape index (κ2) is 9.81. The molecule has 2 rings (SSSR count). The lowest BCUT2D eigenvalue weighted by atomic mass is 9.96. The van der Waals surface area contributed by atoms with E-state index in [1.54, 1.807) is 6.92 Å². The lowest BCUT2D eigenvalue weighted by Gasteiger charge is -2.23. The molecule has 1 N–H and O–H groups in total. The van der Waals surface area contributed by atoms with E-state index in [1.165, 1.54) is 30.9 Å². The van der Waals surface area contributed by atoms with Gasteiger partial charge in [0.1, 0.15) is 5.75 Å². The SMILES string of the molecule is CCN(CC(=O)N[C@H](C)c1cc(C)c(C)cc1C)S(=O)(=O)c1ccc(OC)c(Cl)c1. The minimum atomic E-state index is -3.88. The Kier molecular flexibility index (Phi) is 7.91. The molecular weight excluding hydrogens is 424 g/mol. The minimum Gasteiger partial charge on any atom is -0.495 e. The molecule has 0 aliphatic rings. The molecule has 0 aliphatic heterocycles. The zero-order valence-corrected chi connectivity index (χ0v) is 19.8. The first kappa shape index (κ1) is 24.2. The third kappa shape index (κ3) is 5.33. The number of rotatable bonds is 8. The van der Waals surface area contributed by atoms with Gasteiger partial charge in [-0.25, -0.2) is 8.42 Å². The Labute approximate surface area is 184 Å². The summed E-state index contributed by atoms with van der Waals surface area (Å²) in [5, 5.41) is 3.10. The van der Waals surface area contributed by atoms with Crippen molar-refractivity contribution in [3.8, 4) is 5.75 Å². The minimum absolute atomic E-state index is 0.0148. The highest BCUT2D eigenvalue weighted by Gasteiger charge is 2.27. The van der Waals surface area contributed by atoms with Gasteiger partial charge < -0.3 is 10.1 Å². The number of benzene rings is 2. The molecule has 2 aromatic carbocycles. The number of aryl methyl sites for hydroxylation is 3. The topological polar surface area (TPSA) is 75.7 Å². The second-order valence-corrected chi connectivity index (χ2v) is 9.65. The van der Waals surface area contributed by atoms with E-state index in [4.69, 9.17) is 16.3 Å². The van der Waals surface area contributed by atoms with Gasteiger partial charge in [0, 0.05) is 6.54 Å². The summed E-state index contributed by atoms with van der Waals surface area (Å²) in [5.74, 6) is 0.0131. The normalized spacial score (nSPS) is 12.7. The third-order valence-electron chi connectivity index (χ3n) is 5.16. The summed E-state index contributed by atoms with van der Waals surface area (Å²) in [6.07, 6.45) is 0. The zero-order chi connectivity index (χ0) is 22.6. The van der Waals surface area contributed by atoms with Gasteiger partial charge in [-0.1, -0.05) is 30.7 Å². The van der Waals surface area contributed by atoms with Gasteiger partial charge in [-0.2, -0.15) is 4.31 Å². The Morgan fingerprint density at radius 1 is 1.13 bits per heavy atom. The molecule has 0 bridgehead atoms. The second-order valence-electron chi connectivity index (χ2n) is 7.31. The number of nitrogens with zero attached hydrogens (tertiary/aromatic N) is 1. The number of ether oxygens (including phenoxy) is 1. The van der Waals surface area contributed by atoms with Crippen LogP contribution in [0.2, 0.25) is 5.02 Å². The molecule has 0 unspecified atom stereocenters.